The number of aryl methyl sites for hydroxylation is 1. The van der Waals surface area contributed by atoms with Crippen LogP contribution in [0.4, 0.5) is 0 Å². The summed E-state index contributed by atoms with van der Waals surface area (Å²) in [6, 6.07) is 15.4. The summed E-state index contributed by atoms with van der Waals surface area (Å²) in [5.74, 6) is 0. The molecule has 0 aliphatic heterocycles. The van der Waals surface area contributed by atoms with Gasteiger partial charge in [-0.05, 0) is 29.2 Å². The number of fused-ring (bicyclic) bond motifs is 1. The van der Waals surface area contributed by atoms with Crippen LogP contribution in [0, 0.1) is 0 Å². The second-order valence-corrected chi connectivity index (χ2v) is 5.16. The van der Waals surface area contributed by atoms with E-state index in [-0.39, 0.29) is 51.4 Å². The quantitative estimate of drug-likeness (QED) is 0.489. The van der Waals surface area contributed by atoms with E-state index in [1.54, 1.807) is 0 Å². The predicted molar refractivity (Wildman–Crippen MR) is 88.2 cm³/mol. The van der Waals surface area contributed by atoms with Gasteiger partial charge >= 0.3 is 51.4 Å². The van der Waals surface area contributed by atoms with Crippen molar-refractivity contribution >= 4 is 62.2 Å². The van der Waals surface area contributed by atoms with Gasteiger partial charge in [0, 0.05) is 0 Å². The summed E-state index contributed by atoms with van der Waals surface area (Å²) in [5, 5.41) is 2.81. The minimum absolute atomic E-state index is 0. The van der Waals surface area contributed by atoms with E-state index < -0.39 is 0 Å². The van der Waals surface area contributed by atoms with Crippen LogP contribution in [0.25, 0.3) is 10.8 Å². The Morgan fingerprint density at radius 1 is 0.737 bits per heavy atom. The summed E-state index contributed by atoms with van der Waals surface area (Å²) in [6.45, 7) is 2.27. The van der Waals surface area contributed by atoms with E-state index in [1.165, 1.54) is 61.3 Å². The molecule has 0 heterocycles. The molecule has 0 aliphatic carbocycles. The molecule has 0 saturated heterocycles. The van der Waals surface area contributed by atoms with Crippen molar-refractivity contribution in [2.75, 3.05) is 0 Å². The number of hydrogen-bond donors (Lipinski definition) is 0. The van der Waals surface area contributed by atoms with Crippen molar-refractivity contribution in [3.8, 4) is 0 Å². The van der Waals surface area contributed by atoms with Gasteiger partial charge in [0.05, 0.1) is 0 Å². The van der Waals surface area contributed by atoms with E-state index >= 15 is 0 Å². The summed E-state index contributed by atoms with van der Waals surface area (Å²) in [6.07, 6.45) is 9.48. The van der Waals surface area contributed by atoms with E-state index in [0.29, 0.717) is 0 Å². The van der Waals surface area contributed by atoms with E-state index in [1.807, 2.05) is 0 Å². The fourth-order valence-electron chi connectivity index (χ4n) is 2.61. The van der Waals surface area contributed by atoms with Crippen molar-refractivity contribution in [3.63, 3.8) is 0 Å². The van der Waals surface area contributed by atoms with Gasteiger partial charge in [-0.1, -0.05) is 81.5 Å². The first-order valence-electron chi connectivity index (χ1n) is 7.38. The molecule has 2 aromatic carbocycles. The Morgan fingerprint density at radius 2 is 1.42 bits per heavy atom. The minimum atomic E-state index is 0. The molecule has 2 rings (SSSR count). The molecule has 0 N–H and O–H groups in total. The third-order valence-corrected chi connectivity index (χ3v) is 3.68. The zero-order chi connectivity index (χ0) is 12.6. The molecule has 0 bridgehead atoms. The molecule has 98 valence electrons. The molecule has 0 unspecified atom stereocenters. The van der Waals surface area contributed by atoms with E-state index in [4.69, 9.17) is 0 Å². The molecular weight excluding hydrogens is 255 g/mol. The molecule has 0 nitrogen and oxygen atoms in total. The van der Waals surface area contributed by atoms with Gasteiger partial charge in [-0.2, -0.15) is 0 Å². The third kappa shape index (κ3) is 5.69. The number of unbranched alkanes of at least 4 members (excludes halogenated alkanes) is 5. The Hall–Kier alpha value is 0.336. The molecule has 2 aromatic rings. The van der Waals surface area contributed by atoms with Gasteiger partial charge in [-0.25, -0.2) is 0 Å². The molecule has 0 amide bonds. The summed E-state index contributed by atoms with van der Waals surface area (Å²) < 4.78 is 0. The van der Waals surface area contributed by atoms with Gasteiger partial charge in [0.25, 0.3) is 0 Å². The first kappa shape index (κ1) is 17.4. The topological polar surface area (TPSA) is 0 Å². The van der Waals surface area contributed by atoms with E-state index in [9.17, 15) is 0 Å². The average molecular weight is 280 g/mol. The standard InChI is InChI=1S/C18H24.K.H/c1-2-3-4-5-6-7-11-16-13-10-14-17-12-8-9-15-18(16)17;;/h8-10,12-15H,2-7,11H2,1H3;;. The van der Waals surface area contributed by atoms with Crippen molar-refractivity contribution in [3.05, 3.63) is 48.0 Å². The van der Waals surface area contributed by atoms with Crippen molar-refractivity contribution < 1.29 is 0 Å². The van der Waals surface area contributed by atoms with Crippen molar-refractivity contribution in [1.29, 1.82) is 0 Å². The molecule has 0 radical (unpaired) electrons. The molecule has 0 aromatic heterocycles. The summed E-state index contributed by atoms with van der Waals surface area (Å²) >= 11 is 0. The maximum atomic E-state index is 2.29. The van der Waals surface area contributed by atoms with Crippen LogP contribution < -0.4 is 0 Å². The molecule has 19 heavy (non-hydrogen) atoms. The predicted octanol–water partition coefficient (Wildman–Crippen LogP) is 5.09. The second kappa shape index (κ2) is 10.1. The van der Waals surface area contributed by atoms with E-state index in [0.717, 1.165) is 0 Å². The van der Waals surface area contributed by atoms with Gasteiger partial charge < -0.3 is 0 Å². The molecule has 0 fully saturated rings. The molecule has 1 heteroatoms. The van der Waals surface area contributed by atoms with Gasteiger partial charge in [0.1, 0.15) is 0 Å². The van der Waals surface area contributed by atoms with Gasteiger partial charge in [-0.15, -0.1) is 0 Å². The zero-order valence-electron chi connectivity index (χ0n) is 11.5. The Kier molecular flexibility index (Phi) is 9.26. The van der Waals surface area contributed by atoms with Crippen molar-refractivity contribution in [2.45, 2.75) is 51.9 Å². The summed E-state index contributed by atoms with van der Waals surface area (Å²) in [4.78, 5) is 0. The molecule has 0 spiro atoms. The number of benzene rings is 2. The van der Waals surface area contributed by atoms with E-state index in [2.05, 4.69) is 49.4 Å². The average Bonchev–Trinajstić information content (AvgIpc) is 2.43. The van der Waals surface area contributed by atoms with Crippen molar-refractivity contribution in [1.82, 2.24) is 0 Å². The maximum absolute atomic E-state index is 2.29. The number of rotatable bonds is 7. The summed E-state index contributed by atoms with van der Waals surface area (Å²) in [7, 11) is 0. The first-order chi connectivity index (χ1) is 8.92. The van der Waals surface area contributed by atoms with Gasteiger partial charge in [-0.3, -0.25) is 0 Å². The van der Waals surface area contributed by atoms with Crippen LogP contribution in [0.5, 0.6) is 0 Å². The normalized spacial score (nSPS) is 10.4. The van der Waals surface area contributed by atoms with Crippen LogP contribution >= 0.6 is 0 Å². The Morgan fingerprint density at radius 3 is 2.26 bits per heavy atom. The second-order valence-electron chi connectivity index (χ2n) is 5.16. The van der Waals surface area contributed by atoms with Crippen LogP contribution in [-0.4, -0.2) is 51.4 Å². The SMILES string of the molecule is CCCCCCCCc1cccc2ccccc12.[KH]. The van der Waals surface area contributed by atoms with Gasteiger partial charge in [0.15, 0.2) is 0 Å². The fraction of sp³-hybridized carbons (Fsp3) is 0.444. The molecule has 0 aliphatic rings. The van der Waals surface area contributed by atoms with Crippen LogP contribution in [0.15, 0.2) is 42.5 Å². The van der Waals surface area contributed by atoms with Gasteiger partial charge in [0.2, 0.25) is 0 Å². The van der Waals surface area contributed by atoms with Crippen LogP contribution in [0.3, 0.4) is 0 Å². The van der Waals surface area contributed by atoms with Crippen LogP contribution in [0.2, 0.25) is 0 Å². The molecule has 0 saturated carbocycles. The Balaban J connectivity index is 0.00000180. The van der Waals surface area contributed by atoms with Crippen LogP contribution in [-0.2, 0) is 6.42 Å². The number of hydrogen-bond acceptors (Lipinski definition) is 0. The third-order valence-electron chi connectivity index (χ3n) is 3.68. The monoisotopic (exact) mass is 280 g/mol. The zero-order valence-corrected chi connectivity index (χ0v) is 11.5. The first-order valence-corrected chi connectivity index (χ1v) is 7.38. The summed E-state index contributed by atoms with van der Waals surface area (Å²) in [5.41, 5.74) is 1.52. The molecule has 0 atom stereocenters. The fourth-order valence-corrected chi connectivity index (χ4v) is 2.61. The Bertz CT molecular complexity index is 471. The molecular formula is C18H25K. The Labute approximate surface area is 160 Å². The van der Waals surface area contributed by atoms with Crippen molar-refractivity contribution in [2.24, 2.45) is 0 Å². The van der Waals surface area contributed by atoms with Crippen LogP contribution in [0.1, 0.15) is 51.0 Å².